The number of nitrogens with zero attached hydrogens (tertiary/aromatic N) is 2. The molecule has 2 aromatic carbocycles. The summed E-state index contributed by atoms with van der Waals surface area (Å²) in [6, 6.07) is 15.0. The van der Waals surface area contributed by atoms with Crippen LogP contribution in [0, 0.1) is 6.92 Å². The van der Waals surface area contributed by atoms with Crippen LogP contribution < -0.4 is 5.32 Å². The lowest BCUT2D eigenvalue weighted by Crippen LogP contribution is -2.11. The molecule has 3 aromatic rings. The monoisotopic (exact) mass is 339 g/mol. The number of rotatable bonds is 5. The Morgan fingerprint density at radius 3 is 2.67 bits per heavy atom. The lowest BCUT2D eigenvalue weighted by molar-refractivity contribution is 0.102. The molecule has 1 N–H and O–H groups in total. The van der Waals surface area contributed by atoms with Crippen molar-refractivity contribution in [1.29, 1.82) is 0 Å². The third kappa shape index (κ3) is 3.83. The van der Waals surface area contributed by atoms with Crippen molar-refractivity contribution >= 4 is 23.4 Å². The standard InChI is InChI=1S/C18H17N3O2S/c1-12-19-17(21-23-12)15-4-3-5-16(10-15)20-18(22)14-8-6-13(7-9-14)11-24-2/h3-10H,11H2,1-2H3,(H,20,22). The van der Waals surface area contributed by atoms with Crippen LogP contribution in [-0.4, -0.2) is 22.3 Å². The first-order valence-corrected chi connectivity index (χ1v) is 8.85. The van der Waals surface area contributed by atoms with E-state index in [0.29, 0.717) is 23.0 Å². The molecule has 0 spiro atoms. The molecule has 5 nitrogen and oxygen atoms in total. The van der Waals surface area contributed by atoms with Gasteiger partial charge < -0.3 is 9.84 Å². The molecule has 1 amide bonds. The van der Waals surface area contributed by atoms with Gasteiger partial charge in [-0.1, -0.05) is 29.4 Å². The molecule has 1 heterocycles. The van der Waals surface area contributed by atoms with E-state index in [1.165, 1.54) is 5.56 Å². The van der Waals surface area contributed by atoms with Gasteiger partial charge in [0, 0.05) is 29.5 Å². The minimum absolute atomic E-state index is 0.146. The van der Waals surface area contributed by atoms with E-state index in [4.69, 9.17) is 4.52 Å². The van der Waals surface area contributed by atoms with E-state index in [-0.39, 0.29) is 5.91 Å². The summed E-state index contributed by atoms with van der Waals surface area (Å²) in [5.74, 6) is 1.80. The molecule has 24 heavy (non-hydrogen) atoms. The van der Waals surface area contributed by atoms with Crippen molar-refractivity contribution in [1.82, 2.24) is 10.1 Å². The van der Waals surface area contributed by atoms with Gasteiger partial charge in [0.25, 0.3) is 5.91 Å². The molecule has 0 aliphatic rings. The highest BCUT2D eigenvalue weighted by Gasteiger charge is 2.09. The Labute approximate surface area is 144 Å². The number of aryl methyl sites for hydroxylation is 1. The Bertz CT molecular complexity index is 843. The number of carbonyl (C=O) groups is 1. The fourth-order valence-corrected chi connectivity index (χ4v) is 2.80. The Morgan fingerprint density at radius 2 is 2.00 bits per heavy atom. The lowest BCUT2D eigenvalue weighted by atomic mass is 10.1. The molecule has 0 unspecified atom stereocenters. The summed E-state index contributed by atoms with van der Waals surface area (Å²) in [5.41, 5.74) is 3.31. The SMILES string of the molecule is CSCc1ccc(C(=O)Nc2cccc(-c3noc(C)n3)c2)cc1. The summed E-state index contributed by atoms with van der Waals surface area (Å²) in [4.78, 5) is 16.6. The second kappa shape index (κ2) is 7.31. The first-order valence-electron chi connectivity index (χ1n) is 7.45. The normalized spacial score (nSPS) is 10.6. The smallest absolute Gasteiger partial charge is 0.255 e. The van der Waals surface area contributed by atoms with Crippen LogP contribution in [0.2, 0.25) is 0 Å². The number of benzene rings is 2. The van der Waals surface area contributed by atoms with Gasteiger partial charge in [-0.05, 0) is 36.1 Å². The van der Waals surface area contributed by atoms with Crippen LogP contribution in [0.25, 0.3) is 11.4 Å². The van der Waals surface area contributed by atoms with E-state index < -0.39 is 0 Å². The van der Waals surface area contributed by atoms with E-state index in [0.717, 1.165) is 11.3 Å². The fraction of sp³-hybridized carbons (Fsp3) is 0.167. The summed E-state index contributed by atoms with van der Waals surface area (Å²) in [5, 5.41) is 6.79. The summed E-state index contributed by atoms with van der Waals surface area (Å²) in [6.07, 6.45) is 2.05. The molecule has 1 aromatic heterocycles. The number of hydrogen-bond donors (Lipinski definition) is 1. The van der Waals surface area contributed by atoms with Crippen LogP contribution in [0.5, 0.6) is 0 Å². The van der Waals surface area contributed by atoms with E-state index in [1.807, 2.05) is 48.5 Å². The fourth-order valence-electron chi connectivity index (χ4n) is 2.27. The van der Waals surface area contributed by atoms with Crippen LogP contribution in [0.1, 0.15) is 21.8 Å². The number of hydrogen-bond acceptors (Lipinski definition) is 5. The molecule has 3 rings (SSSR count). The highest BCUT2D eigenvalue weighted by Crippen LogP contribution is 2.20. The van der Waals surface area contributed by atoms with E-state index in [9.17, 15) is 4.79 Å². The van der Waals surface area contributed by atoms with Gasteiger partial charge in [-0.3, -0.25) is 4.79 Å². The first-order chi connectivity index (χ1) is 11.7. The molecule has 0 saturated heterocycles. The average Bonchev–Trinajstić information content (AvgIpc) is 3.03. The van der Waals surface area contributed by atoms with Gasteiger partial charge in [0.2, 0.25) is 11.7 Å². The molecule has 0 fully saturated rings. The van der Waals surface area contributed by atoms with Gasteiger partial charge in [0.1, 0.15) is 0 Å². The van der Waals surface area contributed by atoms with E-state index >= 15 is 0 Å². The number of nitrogens with one attached hydrogen (secondary N) is 1. The highest BCUT2D eigenvalue weighted by molar-refractivity contribution is 7.97. The summed E-state index contributed by atoms with van der Waals surface area (Å²) < 4.78 is 4.99. The Balaban J connectivity index is 1.74. The van der Waals surface area contributed by atoms with Crippen molar-refractivity contribution in [3.63, 3.8) is 0 Å². The van der Waals surface area contributed by atoms with Crippen LogP contribution in [-0.2, 0) is 5.75 Å². The highest BCUT2D eigenvalue weighted by atomic mass is 32.2. The predicted octanol–water partition coefficient (Wildman–Crippen LogP) is 4.16. The van der Waals surface area contributed by atoms with Gasteiger partial charge in [0.05, 0.1) is 0 Å². The topological polar surface area (TPSA) is 68.0 Å². The summed E-state index contributed by atoms with van der Waals surface area (Å²) >= 11 is 1.75. The zero-order valence-electron chi connectivity index (χ0n) is 13.4. The van der Waals surface area contributed by atoms with E-state index in [2.05, 4.69) is 21.7 Å². The molecule has 6 heteroatoms. The number of anilines is 1. The second-order valence-electron chi connectivity index (χ2n) is 5.30. The first kappa shape index (κ1) is 16.3. The Hall–Kier alpha value is -2.60. The Kier molecular flexibility index (Phi) is 4.96. The quantitative estimate of drug-likeness (QED) is 0.756. The average molecular weight is 339 g/mol. The maximum absolute atomic E-state index is 12.4. The second-order valence-corrected chi connectivity index (χ2v) is 6.17. The van der Waals surface area contributed by atoms with Crippen molar-refractivity contribution in [3.8, 4) is 11.4 Å². The van der Waals surface area contributed by atoms with Crippen molar-refractivity contribution in [2.75, 3.05) is 11.6 Å². The predicted molar refractivity (Wildman–Crippen MR) is 96.1 cm³/mol. The molecule has 0 saturated carbocycles. The number of aromatic nitrogens is 2. The number of carbonyl (C=O) groups excluding carboxylic acids is 1. The molecule has 122 valence electrons. The van der Waals surface area contributed by atoms with Crippen molar-refractivity contribution in [3.05, 3.63) is 65.5 Å². The van der Waals surface area contributed by atoms with E-state index in [1.54, 1.807) is 18.7 Å². The lowest BCUT2D eigenvalue weighted by Gasteiger charge is -2.07. The number of amides is 1. The van der Waals surface area contributed by atoms with Crippen molar-refractivity contribution in [2.24, 2.45) is 0 Å². The molecule has 0 bridgehead atoms. The molecule has 0 atom stereocenters. The van der Waals surface area contributed by atoms with Crippen molar-refractivity contribution in [2.45, 2.75) is 12.7 Å². The van der Waals surface area contributed by atoms with Gasteiger partial charge in [-0.25, -0.2) is 0 Å². The van der Waals surface area contributed by atoms with Crippen LogP contribution >= 0.6 is 11.8 Å². The van der Waals surface area contributed by atoms with Gasteiger partial charge in [-0.2, -0.15) is 16.7 Å². The largest absolute Gasteiger partial charge is 0.339 e. The zero-order chi connectivity index (χ0) is 16.9. The van der Waals surface area contributed by atoms with Crippen LogP contribution in [0.15, 0.2) is 53.1 Å². The molecule has 0 aliphatic carbocycles. The third-order valence-corrected chi connectivity index (χ3v) is 4.06. The van der Waals surface area contributed by atoms with Gasteiger partial charge in [-0.15, -0.1) is 0 Å². The third-order valence-electron chi connectivity index (χ3n) is 3.43. The number of thioether (sulfide) groups is 1. The molecule has 0 aliphatic heterocycles. The minimum Gasteiger partial charge on any atom is -0.339 e. The maximum atomic E-state index is 12.4. The van der Waals surface area contributed by atoms with Gasteiger partial charge >= 0.3 is 0 Å². The Morgan fingerprint density at radius 1 is 1.21 bits per heavy atom. The maximum Gasteiger partial charge on any atom is 0.255 e. The zero-order valence-corrected chi connectivity index (χ0v) is 14.3. The summed E-state index contributed by atoms with van der Waals surface area (Å²) in [6.45, 7) is 1.74. The van der Waals surface area contributed by atoms with Gasteiger partial charge in [0.15, 0.2) is 0 Å². The minimum atomic E-state index is -0.146. The molecule has 0 radical (unpaired) electrons. The summed E-state index contributed by atoms with van der Waals surface area (Å²) in [7, 11) is 0. The van der Waals surface area contributed by atoms with Crippen LogP contribution in [0.3, 0.4) is 0 Å². The molecular weight excluding hydrogens is 322 g/mol. The van der Waals surface area contributed by atoms with Crippen molar-refractivity contribution < 1.29 is 9.32 Å². The molecular formula is C18H17N3O2S. The van der Waals surface area contributed by atoms with Crippen LogP contribution in [0.4, 0.5) is 5.69 Å².